The highest BCUT2D eigenvalue weighted by molar-refractivity contribution is 5.97. The molecule has 5 nitrogen and oxygen atoms in total. The van der Waals surface area contributed by atoms with Crippen molar-refractivity contribution in [1.82, 2.24) is 10.2 Å². The number of morpholine rings is 1. The molecule has 20 heavy (non-hydrogen) atoms. The first-order chi connectivity index (χ1) is 9.43. The molecule has 0 radical (unpaired) electrons. The maximum atomic E-state index is 12.3. The fourth-order valence-corrected chi connectivity index (χ4v) is 2.20. The number of hydrogen-bond donors (Lipinski definition) is 1. The van der Waals surface area contributed by atoms with Gasteiger partial charge in [-0.3, -0.25) is 4.79 Å². The van der Waals surface area contributed by atoms with Crippen LogP contribution in [0.3, 0.4) is 0 Å². The van der Waals surface area contributed by atoms with Crippen molar-refractivity contribution in [2.45, 2.75) is 46.3 Å². The topological polar surface area (TPSA) is 65.4 Å². The molecule has 1 aliphatic heterocycles. The van der Waals surface area contributed by atoms with Crippen molar-refractivity contribution in [2.75, 3.05) is 19.6 Å². The van der Waals surface area contributed by atoms with Crippen molar-refractivity contribution in [2.24, 2.45) is 5.92 Å². The summed E-state index contributed by atoms with van der Waals surface area (Å²) in [6.45, 7) is 9.99. The standard InChI is InChI=1S/C15H25N3O2/c1-11(2)5-6-17-8-14(7-16)15(19)18-9-12(3)20-13(4)10-18/h8,11-13,17H,5-6,9-10H2,1-4H3/b14-8-. The van der Waals surface area contributed by atoms with Crippen molar-refractivity contribution >= 4 is 5.91 Å². The number of amides is 1. The number of carbonyl (C=O) groups is 1. The Bertz CT molecular complexity index is 388. The van der Waals surface area contributed by atoms with E-state index in [9.17, 15) is 4.79 Å². The third-order valence-electron chi connectivity index (χ3n) is 3.17. The molecule has 2 unspecified atom stereocenters. The van der Waals surface area contributed by atoms with Crippen LogP contribution in [-0.4, -0.2) is 42.6 Å². The third-order valence-corrected chi connectivity index (χ3v) is 3.17. The van der Waals surface area contributed by atoms with Crippen LogP contribution in [0.15, 0.2) is 11.8 Å². The fraction of sp³-hybridized carbons (Fsp3) is 0.733. The minimum atomic E-state index is -0.216. The second-order valence-electron chi connectivity index (χ2n) is 5.77. The van der Waals surface area contributed by atoms with Crippen LogP contribution in [-0.2, 0) is 9.53 Å². The van der Waals surface area contributed by atoms with Gasteiger partial charge in [0, 0.05) is 25.8 Å². The minimum absolute atomic E-state index is 0.0107. The first-order valence-electron chi connectivity index (χ1n) is 7.22. The van der Waals surface area contributed by atoms with Gasteiger partial charge in [-0.05, 0) is 26.2 Å². The Hall–Kier alpha value is -1.54. The largest absolute Gasteiger partial charge is 0.390 e. The Balaban J connectivity index is 2.58. The molecule has 0 aromatic rings. The van der Waals surface area contributed by atoms with E-state index < -0.39 is 0 Å². The zero-order valence-electron chi connectivity index (χ0n) is 12.8. The van der Waals surface area contributed by atoms with Crippen molar-refractivity contribution in [3.05, 3.63) is 11.8 Å². The molecule has 1 fully saturated rings. The molecule has 1 heterocycles. The van der Waals surface area contributed by atoms with E-state index in [4.69, 9.17) is 10.00 Å². The summed E-state index contributed by atoms with van der Waals surface area (Å²) in [7, 11) is 0. The first kappa shape index (κ1) is 16.5. The van der Waals surface area contributed by atoms with Gasteiger partial charge in [0.05, 0.1) is 12.2 Å². The van der Waals surface area contributed by atoms with Gasteiger partial charge in [-0.1, -0.05) is 13.8 Å². The molecular weight excluding hydrogens is 254 g/mol. The first-order valence-corrected chi connectivity index (χ1v) is 7.22. The number of hydrogen-bond acceptors (Lipinski definition) is 4. The van der Waals surface area contributed by atoms with Crippen molar-refractivity contribution < 1.29 is 9.53 Å². The van der Waals surface area contributed by atoms with Gasteiger partial charge in [-0.2, -0.15) is 5.26 Å². The summed E-state index contributed by atoms with van der Waals surface area (Å²) < 4.78 is 5.59. The van der Waals surface area contributed by atoms with E-state index >= 15 is 0 Å². The molecule has 1 N–H and O–H groups in total. The van der Waals surface area contributed by atoms with Crippen molar-refractivity contribution in [3.8, 4) is 6.07 Å². The lowest BCUT2D eigenvalue weighted by molar-refractivity contribution is -0.138. The smallest absolute Gasteiger partial charge is 0.266 e. The maximum absolute atomic E-state index is 12.3. The van der Waals surface area contributed by atoms with E-state index in [2.05, 4.69) is 19.2 Å². The van der Waals surface area contributed by atoms with E-state index in [1.165, 1.54) is 6.20 Å². The molecule has 5 heteroatoms. The van der Waals surface area contributed by atoms with Crippen LogP contribution in [0.2, 0.25) is 0 Å². The van der Waals surface area contributed by atoms with Gasteiger partial charge in [0.15, 0.2) is 0 Å². The molecule has 1 amide bonds. The van der Waals surface area contributed by atoms with Gasteiger partial charge in [0.1, 0.15) is 11.6 Å². The summed E-state index contributed by atoms with van der Waals surface area (Å²) in [6, 6.07) is 1.98. The molecule has 0 aromatic carbocycles. The maximum Gasteiger partial charge on any atom is 0.266 e. The third kappa shape index (κ3) is 5.22. The zero-order chi connectivity index (χ0) is 15.1. The lowest BCUT2D eigenvalue weighted by atomic mass is 10.1. The molecule has 1 aliphatic rings. The van der Waals surface area contributed by atoms with Gasteiger partial charge in [-0.15, -0.1) is 0 Å². The van der Waals surface area contributed by atoms with Crippen LogP contribution in [0.1, 0.15) is 34.1 Å². The average molecular weight is 279 g/mol. The van der Waals surface area contributed by atoms with Gasteiger partial charge in [0.2, 0.25) is 0 Å². The summed E-state index contributed by atoms with van der Waals surface area (Å²) in [5, 5.41) is 12.2. The second-order valence-corrected chi connectivity index (χ2v) is 5.77. The van der Waals surface area contributed by atoms with E-state index in [1.54, 1.807) is 4.90 Å². The van der Waals surface area contributed by atoms with E-state index in [0.29, 0.717) is 19.0 Å². The van der Waals surface area contributed by atoms with Crippen LogP contribution in [0.5, 0.6) is 0 Å². The highest BCUT2D eigenvalue weighted by atomic mass is 16.5. The quantitative estimate of drug-likeness (QED) is 0.472. The van der Waals surface area contributed by atoms with Crippen LogP contribution >= 0.6 is 0 Å². The van der Waals surface area contributed by atoms with Crippen molar-refractivity contribution in [1.29, 1.82) is 5.26 Å². The predicted octanol–water partition coefficient (Wildman–Crippen LogP) is 1.67. The minimum Gasteiger partial charge on any atom is -0.390 e. The van der Waals surface area contributed by atoms with Crippen LogP contribution in [0.4, 0.5) is 0 Å². The van der Waals surface area contributed by atoms with Crippen LogP contribution in [0.25, 0.3) is 0 Å². The molecule has 112 valence electrons. The van der Waals surface area contributed by atoms with Gasteiger partial charge >= 0.3 is 0 Å². The van der Waals surface area contributed by atoms with E-state index in [-0.39, 0.29) is 23.7 Å². The molecule has 1 rings (SSSR count). The number of carbonyl (C=O) groups excluding carboxylic acids is 1. The SMILES string of the molecule is CC(C)CCN/C=C(/C#N)C(=O)N1CC(C)OC(C)C1. The molecule has 0 aromatic heterocycles. The lowest BCUT2D eigenvalue weighted by Crippen LogP contribution is -2.48. The molecule has 0 aliphatic carbocycles. The number of nitriles is 1. The Morgan fingerprint density at radius 3 is 2.55 bits per heavy atom. The zero-order valence-corrected chi connectivity index (χ0v) is 12.8. The highest BCUT2D eigenvalue weighted by Gasteiger charge is 2.27. The van der Waals surface area contributed by atoms with Crippen LogP contribution in [0, 0.1) is 17.2 Å². The number of rotatable bonds is 5. The Morgan fingerprint density at radius 2 is 2.05 bits per heavy atom. The molecule has 0 spiro atoms. The summed E-state index contributed by atoms with van der Waals surface area (Å²) in [5.41, 5.74) is 0.162. The highest BCUT2D eigenvalue weighted by Crippen LogP contribution is 2.13. The predicted molar refractivity (Wildman–Crippen MR) is 77.7 cm³/mol. The van der Waals surface area contributed by atoms with Gasteiger partial charge in [-0.25, -0.2) is 0 Å². The lowest BCUT2D eigenvalue weighted by Gasteiger charge is -2.35. The molecule has 0 saturated carbocycles. The molecule has 0 bridgehead atoms. The summed E-state index contributed by atoms with van der Waals surface area (Å²) in [6.07, 6.45) is 2.57. The van der Waals surface area contributed by atoms with Crippen molar-refractivity contribution in [3.63, 3.8) is 0 Å². The number of ether oxygens (including phenoxy) is 1. The summed E-state index contributed by atoms with van der Waals surface area (Å²) in [4.78, 5) is 14.0. The summed E-state index contributed by atoms with van der Waals surface area (Å²) >= 11 is 0. The summed E-state index contributed by atoms with van der Waals surface area (Å²) in [5.74, 6) is 0.379. The molecule has 1 saturated heterocycles. The van der Waals surface area contributed by atoms with Gasteiger partial charge < -0.3 is 15.0 Å². The Kier molecular flexibility index (Phi) is 6.53. The number of nitrogens with zero attached hydrogens (tertiary/aromatic N) is 2. The second kappa shape index (κ2) is 7.91. The monoisotopic (exact) mass is 279 g/mol. The van der Waals surface area contributed by atoms with Gasteiger partial charge in [0.25, 0.3) is 5.91 Å². The van der Waals surface area contributed by atoms with Crippen LogP contribution < -0.4 is 5.32 Å². The van der Waals surface area contributed by atoms with E-state index in [0.717, 1.165) is 13.0 Å². The number of nitrogens with one attached hydrogen (secondary N) is 1. The molecule has 2 atom stereocenters. The average Bonchev–Trinajstić information content (AvgIpc) is 2.36. The normalized spacial score (nSPS) is 23.6. The molecular formula is C15H25N3O2. The Morgan fingerprint density at radius 1 is 1.45 bits per heavy atom. The van der Waals surface area contributed by atoms with E-state index in [1.807, 2.05) is 19.9 Å². The fourth-order valence-electron chi connectivity index (χ4n) is 2.20. The Labute approximate surface area is 121 Å².